The minimum atomic E-state index is -3.30. The Morgan fingerprint density at radius 3 is 1.19 bits per heavy atom. The van der Waals surface area contributed by atoms with Gasteiger partial charge in [0.1, 0.15) is 0 Å². The molecule has 0 unspecified atom stereocenters. The Kier molecular flexibility index (Phi) is 14.3. The summed E-state index contributed by atoms with van der Waals surface area (Å²) in [6.45, 7) is 15.9. The smallest absolute Gasteiger partial charge is 0.264 e. The molecule has 0 aromatic heterocycles. The van der Waals surface area contributed by atoms with Crippen LogP contribution in [0.1, 0.15) is 40.5 Å². The molecule has 0 amide bonds. The van der Waals surface area contributed by atoms with Crippen LogP contribution in [-0.4, -0.2) is 42.6 Å². The average Bonchev–Trinajstić information content (AvgIpc) is 2.52. The SMILES string of the molecule is C=C[C@@H](CC)[C@@H](C)COS(C)(=O)=O.C=C[C@H](CC)[C@H](C)COS(C)(=O)=O. The molecule has 26 heavy (non-hydrogen) atoms. The zero-order valence-corrected chi connectivity index (χ0v) is 18.6. The summed E-state index contributed by atoms with van der Waals surface area (Å²) in [7, 11) is -6.61. The largest absolute Gasteiger partial charge is 0.270 e. The first kappa shape index (κ1) is 27.5. The fourth-order valence-corrected chi connectivity index (χ4v) is 3.24. The van der Waals surface area contributed by atoms with Gasteiger partial charge in [-0.3, -0.25) is 8.37 Å². The highest BCUT2D eigenvalue weighted by molar-refractivity contribution is 7.86. The topological polar surface area (TPSA) is 86.7 Å². The van der Waals surface area contributed by atoms with Gasteiger partial charge in [0.15, 0.2) is 0 Å². The van der Waals surface area contributed by atoms with Crippen LogP contribution >= 0.6 is 0 Å². The van der Waals surface area contributed by atoms with Gasteiger partial charge in [0.05, 0.1) is 25.7 Å². The van der Waals surface area contributed by atoms with E-state index in [0.717, 1.165) is 25.4 Å². The lowest BCUT2D eigenvalue weighted by Gasteiger charge is -2.17. The number of hydrogen-bond donors (Lipinski definition) is 0. The minimum absolute atomic E-state index is 0.192. The van der Waals surface area contributed by atoms with Crippen molar-refractivity contribution in [2.75, 3.05) is 25.7 Å². The van der Waals surface area contributed by atoms with E-state index in [1.807, 2.05) is 39.8 Å². The molecule has 0 bridgehead atoms. The molecule has 0 saturated heterocycles. The fraction of sp³-hybridized carbons (Fsp3) is 0.778. The zero-order chi connectivity index (χ0) is 21.0. The van der Waals surface area contributed by atoms with Gasteiger partial charge in [-0.05, 0) is 36.5 Å². The molecule has 0 aromatic rings. The molecule has 0 radical (unpaired) electrons. The summed E-state index contributed by atoms with van der Waals surface area (Å²) >= 11 is 0. The maximum Gasteiger partial charge on any atom is 0.264 e. The third-order valence-corrected chi connectivity index (χ3v) is 5.23. The predicted molar refractivity (Wildman–Crippen MR) is 108 cm³/mol. The van der Waals surface area contributed by atoms with Gasteiger partial charge in [0.25, 0.3) is 20.2 Å². The quantitative estimate of drug-likeness (QED) is 0.359. The van der Waals surface area contributed by atoms with E-state index in [0.29, 0.717) is 11.8 Å². The molecular weight excluding hydrogens is 376 g/mol. The van der Waals surface area contributed by atoms with Crippen LogP contribution in [0.2, 0.25) is 0 Å². The molecule has 0 aliphatic heterocycles. The van der Waals surface area contributed by atoms with Gasteiger partial charge in [0.2, 0.25) is 0 Å². The molecule has 4 atom stereocenters. The molecule has 156 valence electrons. The molecule has 0 N–H and O–H groups in total. The number of allylic oxidation sites excluding steroid dienone is 2. The second-order valence-corrected chi connectivity index (χ2v) is 9.84. The van der Waals surface area contributed by atoms with Crippen molar-refractivity contribution in [2.45, 2.75) is 40.5 Å². The molecule has 0 spiro atoms. The van der Waals surface area contributed by atoms with E-state index >= 15 is 0 Å². The maximum absolute atomic E-state index is 10.7. The van der Waals surface area contributed by atoms with Crippen LogP contribution in [0.15, 0.2) is 25.3 Å². The molecule has 6 nitrogen and oxygen atoms in total. The molecule has 0 aliphatic carbocycles. The normalized spacial score (nSPS) is 16.5. The third-order valence-electron chi connectivity index (χ3n) is 4.10. The zero-order valence-electron chi connectivity index (χ0n) is 17.0. The number of rotatable bonds is 12. The van der Waals surface area contributed by atoms with Crippen molar-refractivity contribution in [3.8, 4) is 0 Å². The van der Waals surface area contributed by atoms with Gasteiger partial charge in [0, 0.05) is 0 Å². The van der Waals surface area contributed by atoms with Gasteiger partial charge in [-0.1, -0.05) is 39.8 Å². The van der Waals surface area contributed by atoms with Gasteiger partial charge in [-0.25, -0.2) is 0 Å². The van der Waals surface area contributed by atoms with Crippen molar-refractivity contribution in [3.63, 3.8) is 0 Å². The van der Waals surface area contributed by atoms with Crippen LogP contribution in [0.25, 0.3) is 0 Å². The van der Waals surface area contributed by atoms with Crippen molar-refractivity contribution >= 4 is 20.2 Å². The van der Waals surface area contributed by atoms with E-state index in [-0.39, 0.29) is 25.0 Å². The van der Waals surface area contributed by atoms with Crippen molar-refractivity contribution in [2.24, 2.45) is 23.7 Å². The van der Waals surface area contributed by atoms with E-state index in [1.54, 1.807) is 0 Å². The van der Waals surface area contributed by atoms with Crippen LogP contribution in [0.5, 0.6) is 0 Å². The van der Waals surface area contributed by atoms with Gasteiger partial charge in [-0.2, -0.15) is 16.8 Å². The Balaban J connectivity index is 0. The van der Waals surface area contributed by atoms with Crippen molar-refractivity contribution < 1.29 is 25.2 Å². The van der Waals surface area contributed by atoms with Gasteiger partial charge < -0.3 is 0 Å². The Bertz CT molecular complexity index is 541. The predicted octanol–water partition coefficient (Wildman–Crippen LogP) is 3.62. The van der Waals surface area contributed by atoms with Crippen molar-refractivity contribution in [1.82, 2.24) is 0 Å². The molecule has 0 aromatic carbocycles. The van der Waals surface area contributed by atoms with Crippen molar-refractivity contribution in [1.29, 1.82) is 0 Å². The van der Waals surface area contributed by atoms with Gasteiger partial charge >= 0.3 is 0 Å². The Hall–Kier alpha value is -0.700. The van der Waals surface area contributed by atoms with Crippen LogP contribution < -0.4 is 0 Å². The Labute approximate surface area is 160 Å². The van der Waals surface area contributed by atoms with Crippen LogP contribution in [0.3, 0.4) is 0 Å². The molecule has 0 rings (SSSR count). The highest BCUT2D eigenvalue weighted by Gasteiger charge is 2.15. The molecule has 0 heterocycles. The lowest BCUT2D eigenvalue weighted by Crippen LogP contribution is -2.17. The molecule has 8 heteroatoms. The Morgan fingerprint density at radius 2 is 1.04 bits per heavy atom. The second kappa shape index (κ2) is 13.5. The first-order chi connectivity index (χ1) is 11.8. The molecule has 0 saturated carbocycles. The Morgan fingerprint density at radius 1 is 0.769 bits per heavy atom. The van der Waals surface area contributed by atoms with E-state index in [9.17, 15) is 16.8 Å². The lowest BCUT2D eigenvalue weighted by molar-refractivity contribution is 0.231. The summed E-state index contributed by atoms with van der Waals surface area (Å²) in [4.78, 5) is 0. The first-order valence-corrected chi connectivity index (χ1v) is 12.4. The van der Waals surface area contributed by atoms with Crippen LogP contribution in [0, 0.1) is 23.7 Å². The average molecular weight is 413 g/mol. The maximum atomic E-state index is 10.7. The van der Waals surface area contributed by atoms with Crippen LogP contribution in [-0.2, 0) is 28.6 Å². The van der Waals surface area contributed by atoms with Gasteiger partial charge in [-0.15, -0.1) is 13.2 Å². The van der Waals surface area contributed by atoms with E-state index in [2.05, 4.69) is 13.2 Å². The lowest BCUT2D eigenvalue weighted by atomic mass is 9.93. The fourth-order valence-electron chi connectivity index (χ4n) is 2.31. The first-order valence-electron chi connectivity index (χ1n) is 8.75. The second-order valence-electron chi connectivity index (χ2n) is 6.55. The monoisotopic (exact) mass is 412 g/mol. The molecule has 0 aliphatic rings. The van der Waals surface area contributed by atoms with E-state index in [4.69, 9.17) is 8.37 Å². The van der Waals surface area contributed by atoms with Crippen molar-refractivity contribution in [3.05, 3.63) is 25.3 Å². The molecule has 0 fully saturated rings. The van der Waals surface area contributed by atoms with Crippen LogP contribution in [0.4, 0.5) is 0 Å². The summed E-state index contributed by atoms with van der Waals surface area (Å²) in [6.07, 6.45) is 7.73. The highest BCUT2D eigenvalue weighted by atomic mass is 32.2. The summed E-state index contributed by atoms with van der Waals surface area (Å²) in [5.74, 6) is 1.03. The highest BCUT2D eigenvalue weighted by Crippen LogP contribution is 2.18. The summed E-state index contributed by atoms with van der Waals surface area (Å²) in [5.41, 5.74) is 0. The molecular formula is C18H36O6S2. The van der Waals surface area contributed by atoms with E-state index in [1.165, 1.54) is 0 Å². The number of hydrogen-bond acceptors (Lipinski definition) is 6. The summed E-state index contributed by atoms with van der Waals surface area (Å²) in [5, 5.41) is 0. The third kappa shape index (κ3) is 15.5. The van der Waals surface area contributed by atoms with E-state index < -0.39 is 20.2 Å². The minimum Gasteiger partial charge on any atom is -0.270 e. The summed E-state index contributed by atoms with van der Waals surface area (Å²) in [6, 6.07) is 0. The standard InChI is InChI=1S/2C9H18O3S/c2*1-5-9(6-2)8(3)7-12-13(4,10)11/h2*5,8-9H,1,6-7H2,2-4H3/t2*8-,9-/m10/s1. The summed E-state index contributed by atoms with van der Waals surface area (Å²) < 4.78 is 52.1.